The first-order valence-corrected chi connectivity index (χ1v) is 19.4. The number of hydroxylamine groups is 2. The van der Waals surface area contributed by atoms with Crippen LogP contribution in [0.25, 0.3) is 17.4 Å². The summed E-state index contributed by atoms with van der Waals surface area (Å²) in [7, 11) is -4.41. The number of carbonyl (C=O) groups excluding carboxylic acids is 3. The molecule has 3 aliphatic heterocycles. The normalized spacial score (nSPS) is 16.8. The van der Waals surface area contributed by atoms with E-state index < -0.39 is 33.3 Å². The number of amides is 2. The van der Waals surface area contributed by atoms with E-state index in [1.165, 1.54) is 17.7 Å². The average molecular weight is 733 g/mol. The highest BCUT2D eigenvalue weighted by Crippen LogP contribution is 2.48. The van der Waals surface area contributed by atoms with Gasteiger partial charge in [0.2, 0.25) is 5.36 Å². The van der Waals surface area contributed by atoms with Crippen LogP contribution in [0.15, 0.2) is 69.6 Å². The van der Waals surface area contributed by atoms with Crippen molar-refractivity contribution in [1.82, 2.24) is 9.64 Å². The number of hydrogen-bond acceptors (Lipinski definition) is 8. The van der Waals surface area contributed by atoms with Crippen molar-refractivity contribution in [3.8, 4) is 11.3 Å². The van der Waals surface area contributed by atoms with Crippen molar-refractivity contribution in [2.45, 2.75) is 103 Å². The number of nitrogens with zero attached hydrogens (tertiary/aromatic N) is 3. The molecule has 0 bridgehead atoms. The number of fused-ring (bicyclic) bond motifs is 2. The van der Waals surface area contributed by atoms with Gasteiger partial charge in [-0.3, -0.25) is 14.1 Å². The van der Waals surface area contributed by atoms with Crippen molar-refractivity contribution in [3.05, 3.63) is 82.6 Å². The topological polar surface area (TPSA) is 137 Å². The first-order valence-electron chi connectivity index (χ1n) is 18.0. The van der Waals surface area contributed by atoms with Crippen molar-refractivity contribution >= 4 is 39.7 Å². The number of hydrogen-bond donors (Lipinski definition) is 1. The molecule has 0 radical (unpaired) electrons. The molecule has 0 spiro atoms. The summed E-state index contributed by atoms with van der Waals surface area (Å²) in [6.45, 7) is 17.2. The quantitative estimate of drug-likeness (QED) is 0.0945. The van der Waals surface area contributed by atoms with Crippen LogP contribution in [0.4, 0.5) is 5.69 Å². The van der Waals surface area contributed by atoms with Gasteiger partial charge in [-0.05, 0) is 85.7 Å². The standard InChI is InChI=1S/C40H49N3O8S/c1-8-41(9-2)27-17-19-30-31(39(3,4)5)25-28(50-34(30)24-27)14-13-15-35-40(6,7)32-26-29(52(47,48)49)18-20-33(32)42(35)23-12-10-11-16-38(46)51-43-36(44)21-22-37(43)45/h13-15,17-20,24-26H,8-12,16,21-23H2,1-7H3/p+1. The summed E-state index contributed by atoms with van der Waals surface area (Å²) in [6.07, 6.45) is 7.89. The fraction of sp³-hybridized carbons (Fsp3) is 0.450. The molecule has 3 heterocycles. The molecular formula is C40H50N3O8S+. The van der Waals surface area contributed by atoms with Crippen LogP contribution in [0.1, 0.15) is 104 Å². The van der Waals surface area contributed by atoms with Crippen molar-refractivity contribution < 1.29 is 36.6 Å². The Bertz CT molecular complexity index is 2060. The third-order valence-corrected chi connectivity index (χ3v) is 10.7. The summed E-state index contributed by atoms with van der Waals surface area (Å²) in [4.78, 5) is 42.8. The van der Waals surface area contributed by atoms with Crippen molar-refractivity contribution in [2.75, 3.05) is 24.5 Å². The number of benzene rings is 2. The fourth-order valence-corrected chi connectivity index (χ4v) is 7.50. The Balaban J connectivity index is 1.42. The van der Waals surface area contributed by atoms with E-state index >= 15 is 0 Å². The summed E-state index contributed by atoms with van der Waals surface area (Å²) in [6, 6.07) is 13.1. The second-order valence-electron chi connectivity index (χ2n) is 14.9. The van der Waals surface area contributed by atoms with Gasteiger partial charge < -0.3 is 14.2 Å². The maximum atomic E-state index is 12.3. The van der Waals surface area contributed by atoms with Crippen molar-refractivity contribution in [3.63, 3.8) is 0 Å². The second-order valence-corrected chi connectivity index (χ2v) is 16.3. The van der Waals surface area contributed by atoms with Crippen LogP contribution in [0.5, 0.6) is 0 Å². The van der Waals surface area contributed by atoms with Crippen LogP contribution in [-0.4, -0.2) is 55.5 Å². The molecule has 12 heteroatoms. The molecule has 5 rings (SSSR count). The number of unbranched alkanes of at least 4 members (excludes halogenated alkanes) is 2. The lowest BCUT2D eigenvalue weighted by Gasteiger charge is -2.27. The first kappa shape index (κ1) is 38.7. The minimum Gasteiger partial charge on any atom is -0.456 e. The summed E-state index contributed by atoms with van der Waals surface area (Å²) in [5.74, 6) is -0.138. The minimum atomic E-state index is -4.41. The molecule has 1 aliphatic carbocycles. The van der Waals surface area contributed by atoms with Gasteiger partial charge in [-0.2, -0.15) is 8.42 Å². The van der Waals surface area contributed by atoms with Gasteiger partial charge in [0.25, 0.3) is 21.9 Å². The molecule has 1 saturated heterocycles. The zero-order valence-electron chi connectivity index (χ0n) is 31.2. The maximum Gasteiger partial charge on any atom is 0.333 e. The summed E-state index contributed by atoms with van der Waals surface area (Å²) >= 11 is 0. The Hall–Kier alpha value is -4.55. The van der Waals surface area contributed by atoms with E-state index in [4.69, 9.17) is 9.25 Å². The fourth-order valence-electron chi connectivity index (χ4n) is 6.99. The van der Waals surface area contributed by atoms with Crippen molar-refractivity contribution in [2.24, 2.45) is 0 Å². The molecule has 0 aromatic heterocycles. The van der Waals surface area contributed by atoms with Crippen LogP contribution in [-0.2, 0) is 40.2 Å². The predicted molar refractivity (Wildman–Crippen MR) is 200 cm³/mol. The molecule has 1 N–H and O–H groups in total. The lowest BCUT2D eigenvalue weighted by molar-refractivity contribution is -0.197. The van der Waals surface area contributed by atoms with E-state index in [1.54, 1.807) is 6.07 Å². The van der Waals surface area contributed by atoms with E-state index in [0.29, 0.717) is 36.6 Å². The van der Waals surface area contributed by atoms with Gasteiger partial charge >= 0.3 is 5.97 Å². The molecule has 0 unspecified atom stereocenters. The monoisotopic (exact) mass is 732 g/mol. The summed E-state index contributed by atoms with van der Waals surface area (Å²) in [5.41, 5.74) is 4.01. The van der Waals surface area contributed by atoms with Gasteiger partial charge in [0.15, 0.2) is 0 Å². The highest BCUT2D eigenvalue weighted by atomic mass is 32.2. The molecule has 1 aromatic rings. The van der Waals surface area contributed by atoms with E-state index in [-0.39, 0.29) is 29.6 Å². The Kier molecular flexibility index (Phi) is 11.3. The molecule has 0 saturated carbocycles. The highest BCUT2D eigenvalue weighted by Gasteiger charge is 2.40. The highest BCUT2D eigenvalue weighted by molar-refractivity contribution is 7.85. The van der Waals surface area contributed by atoms with Crippen LogP contribution in [0.2, 0.25) is 0 Å². The number of anilines is 1. The molecule has 1 fully saturated rings. The molecule has 278 valence electrons. The molecule has 11 nitrogen and oxygen atoms in total. The number of allylic oxidation sites excluding steroid dienone is 3. The molecule has 2 amide bonds. The third kappa shape index (κ3) is 8.23. The largest absolute Gasteiger partial charge is 0.456 e. The van der Waals surface area contributed by atoms with Crippen LogP contribution in [0.3, 0.4) is 0 Å². The average Bonchev–Trinajstić information content (AvgIpc) is 3.50. The van der Waals surface area contributed by atoms with E-state index in [0.717, 1.165) is 46.7 Å². The maximum absolute atomic E-state index is 12.3. The number of imide groups is 1. The van der Waals surface area contributed by atoms with Crippen LogP contribution in [0, 0.1) is 0 Å². The van der Waals surface area contributed by atoms with E-state index in [1.807, 2.05) is 32.1 Å². The van der Waals surface area contributed by atoms with Gasteiger partial charge in [-0.25, -0.2) is 9.37 Å². The Morgan fingerprint density at radius 1 is 1.00 bits per heavy atom. The second kappa shape index (κ2) is 15.2. The Labute approximate surface area is 306 Å². The smallest absolute Gasteiger partial charge is 0.333 e. The zero-order chi connectivity index (χ0) is 38.0. The summed E-state index contributed by atoms with van der Waals surface area (Å²) in [5, 5.41) is 1.67. The lowest BCUT2D eigenvalue weighted by Crippen LogP contribution is -2.32. The molecule has 1 aromatic carbocycles. The van der Waals surface area contributed by atoms with E-state index in [2.05, 4.69) is 68.4 Å². The molecular weight excluding hydrogens is 683 g/mol. The number of rotatable bonds is 12. The van der Waals surface area contributed by atoms with Gasteiger partial charge in [-0.15, -0.1) is 5.06 Å². The minimum absolute atomic E-state index is 0.0450. The van der Waals surface area contributed by atoms with Gasteiger partial charge in [0.1, 0.15) is 24.6 Å². The molecule has 4 aliphatic rings. The first-order chi connectivity index (χ1) is 24.4. The molecule has 52 heavy (non-hydrogen) atoms. The van der Waals surface area contributed by atoms with Crippen LogP contribution >= 0.6 is 0 Å². The van der Waals surface area contributed by atoms with Gasteiger partial charge in [0.05, 0.1) is 11.0 Å². The Morgan fingerprint density at radius 2 is 1.69 bits per heavy atom. The van der Waals surface area contributed by atoms with Crippen molar-refractivity contribution in [1.29, 1.82) is 0 Å². The zero-order valence-corrected chi connectivity index (χ0v) is 32.0. The lowest BCUT2D eigenvalue weighted by atomic mass is 9.82. The third-order valence-electron chi connectivity index (χ3n) is 9.84. The predicted octanol–water partition coefficient (Wildman–Crippen LogP) is 6.60. The van der Waals surface area contributed by atoms with Crippen LogP contribution < -0.4 is 14.8 Å². The van der Waals surface area contributed by atoms with Gasteiger partial charge in [0, 0.05) is 54.2 Å². The summed E-state index contributed by atoms with van der Waals surface area (Å²) < 4.78 is 42.8. The SMILES string of the molecule is CC[N+](CC)=c1ccc2c(C(C)(C)C)cc(/C=C/C=C3/N(CCCCCC(=O)ON4C(=O)CCC4=O)c4ccc(S(=O)(=O)O)cc4C3(C)C)oc-2c1. The number of carbonyl (C=O) groups is 3. The molecule has 0 atom stereocenters. The van der Waals surface area contributed by atoms with Gasteiger partial charge in [-0.1, -0.05) is 47.1 Å². The van der Waals surface area contributed by atoms with E-state index in [9.17, 15) is 27.4 Å². The Morgan fingerprint density at radius 3 is 2.33 bits per heavy atom.